The first-order valence-corrected chi connectivity index (χ1v) is 19.3. The molecule has 3 fully saturated rings. The second-order valence-electron chi connectivity index (χ2n) is 16.0. The molecule has 56 heavy (non-hydrogen) atoms. The number of nitrogens with one attached hydrogen (secondary N) is 4. The predicted molar refractivity (Wildman–Crippen MR) is 207 cm³/mol. The lowest BCUT2D eigenvalue weighted by atomic mass is 10.0. The standard InChI is InChI=1S/C42H48N8O6/c1-21(2)35(47-41(53)55-5)39(51)49-31-15-27(31)17-33(49)37-43-19-29(45-37)25-11-7-23(8-12-25)24-9-13-26(14-10-24)30-20-44-38(46-30)34-18-28-16-32(28)50(34)40(52)36(22(3)4)48-42(54)56-6/h7-15,19-22,27-28,32-36H,16-18H2,1-6H3,(H,43,45)(H,44,46)(H,47,53)(H,48,54)/t27-,28-,32-,33?,34?,35-,36-/m0/s1. The predicted octanol–water partition coefficient (Wildman–Crippen LogP) is 6.34. The van der Waals surface area contributed by atoms with Crippen LogP contribution in [0.15, 0.2) is 72.7 Å². The fourth-order valence-corrected chi connectivity index (χ4v) is 8.36. The Hall–Kier alpha value is -5.92. The number of benzene rings is 2. The van der Waals surface area contributed by atoms with Crippen LogP contribution in [0.1, 0.15) is 70.7 Å². The van der Waals surface area contributed by atoms with E-state index in [9.17, 15) is 19.2 Å². The number of fused-ring (bicyclic) bond motifs is 2. The molecule has 2 aromatic heterocycles. The van der Waals surface area contributed by atoms with E-state index in [1.807, 2.05) is 38.8 Å². The molecule has 2 aromatic carbocycles. The van der Waals surface area contributed by atoms with Gasteiger partial charge in [-0.3, -0.25) is 9.59 Å². The maximum absolute atomic E-state index is 13.8. The van der Waals surface area contributed by atoms with Crippen LogP contribution in [0.2, 0.25) is 0 Å². The molecule has 2 aliphatic carbocycles. The quantitative estimate of drug-likeness (QED) is 0.137. The first-order chi connectivity index (χ1) is 26.9. The summed E-state index contributed by atoms with van der Waals surface area (Å²) in [4.78, 5) is 71.6. The van der Waals surface area contributed by atoms with Crippen LogP contribution < -0.4 is 10.6 Å². The topological polar surface area (TPSA) is 175 Å². The van der Waals surface area contributed by atoms with Crippen LogP contribution in [-0.4, -0.2) is 86.1 Å². The number of amides is 4. The highest BCUT2D eigenvalue weighted by Crippen LogP contribution is 2.54. The van der Waals surface area contributed by atoms with E-state index in [0.717, 1.165) is 64.4 Å². The van der Waals surface area contributed by atoms with Crippen molar-refractivity contribution in [1.82, 2.24) is 40.4 Å². The maximum atomic E-state index is 13.8. The molecule has 2 aliphatic heterocycles. The van der Waals surface area contributed by atoms with Crippen LogP contribution in [0.5, 0.6) is 0 Å². The lowest BCUT2D eigenvalue weighted by Crippen LogP contribution is -2.52. The average molecular weight is 761 g/mol. The first kappa shape index (κ1) is 37.0. The van der Waals surface area contributed by atoms with Gasteiger partial charge in [-0.05, 0) is 59.3 Å². The zero-order valence-electron chi connectivity index (χ0n) is 32.4. The molecular weight excluding hydrogens is 713 g/mol. The van der Waals surface area contributed by atoms with E-state index < -0.39 is 24.3 Å². The van der Waals surface area contributed by atoms with E-state index in [2.05, 4.69) is 75.2 Å². The highest BCUT2D eigenvalue weighted by molar-refractivity contribution is 5.89. The molecule has 4 heterocycles. The van der Waals surface area contributed by atoms with Crippen molar-refractivity contribution in [2.24, 2.45) is 23.7 Å². The molecule has 2 unspecified atom stereocenters. The fourth-order valence-electron chi connectivity index (χ4n) is 8.36. The number of likely N-dealkylation sites (tertiary alicyclic amines) is 2. The number of carbonyl (C=O) groups is 4. The Morgan fingerprint density at radius 2 is 1.16 bits per heavy atom. The molecule has 292 valence electrons. The average Bonchev–Trinajstić information content (AvgIpc) is 3.79. The van der Waals surface area contributed by atoms with E-state index in [0.29, 0.717) is 11.7 Å². The number of rotatable bonds is 11. The lowest BCUT2D eigenvalue weighted by Gasteiger charge is -2.31. The smallest absolute Gasteiger partial charge is 0.407 e. The highest BCUT2D eigenvalue weighted by atomic mass is 16.5. The van der Waals surface area contributed by atoms with Crippen molar-refractivity contribution in [1.29, 1.82) is 0 Å². The maximum Gasteiger partial charge on any atom is 0.407 e. The molecule has 14 nitrogen and oxygen atoms in total. The SMILES string of the molecule is COC(=O)N[C@H](C(=O)N1C2=C[C@H]2CC1c1ncc(-c2ccc(-c3ccc(-c4cnc(C5C[C@@H]6C[C@@H]6N5C(=O)[C@@H](NC(=O)OC)C(C)C)[nH]4)cc3)cc2)[nH]1)C(C)C. The molecule has 2 saturated heterocycles. The second-order valence-corrected chi connectivity index (χ2v) is 16.0. The van der Waals surface area contributed by atoms with Crippen molar-refractivity contribution in [3.05, 3.63) is 84.3 Å². The Morgan fingerprint density at radius 1 is 0.679 bits per heavy atom. The van der Waals surface area contributed by atoms with Crippen molar-refractivity contribution in [2.75, 3.05) is 14.2 Å². The van der Waals surface area contributed by atoms with Gasteiger partial charge < -0.3 is 39.9 Å². The second kappa shape index (κ2) is 14.6. The third kappa shape index (κ3) is 6.92. The van der Waals surface area contributed by atoms with E-state index in [4.69, 9.17) is 19.4 Å². The number of nitrogens with zero attached hydrogens (tertiary/aromatic N) is 4. The summed E-state index contributed by atoms with van der Waals surface area (Å²) in [6.07, 6.45) is 7.02. The molecule has 4 amide bonds. The van der Waals surface area contributed by atoms with Gasteiger partial charge in [0, 0.05) is 17.7 Å². The number of hydrogen-bond acceptors (Lipinski definition) is 8. The van der Waals surface area contributed by atoms with E-state index in [1.54, 1.807) is 11.1 Å². The van der Waals surface area contributed by atoms with E-state index in [-0.39, 0.29) is 47.7 Å². The number of aromatic nitrogens is 4. The van der Waals surface area contributed by atoms with Crippen molar-refractivity contribution in [2.45, 2.75) is 77.2 Å². The number of piperidine rings is 1. The molecule has 8 rings (SSSR count). The number of aromatic amines is 2. The molecule has 7 atom stereocenters. The normalized spacial score (nSPS) is 22.9. The number of alkyl carbamates (subject to hydrolysis) is 2. The number of hydrogen-bond donors (Lipinski definition) is 4. The van der Waals surface area contributed by atoms with Gasteiger partial charge in [0.05, 0.1) is 50.1 Å². The zero-order valence-corrected chi connectivity index (χ0v) is 32.4. The van der Waals surface area contributed by atoms with Gasteiger partial charge in [-0.2, -0.15) is 0 Å². The minimum Gasteiger partial charge on any atom is -0.453 e. The zero-order chi connectivity index (χ0) is 39.4. The molecule has 14 heteroatoms. The molecule has 4 aliphatic rings. The molecule has 0 radical (unpaired) electrons. The van der Waals surface area contributed by atoms with Crippen molar-refractivity contribution in [3.63, 3.8) is 0 Å². The van der Waals surface area contributed by atoms with Crippen LogP contribution in [0.4, 0.5) is 9.59 Å². The summed E-state index contributed by atoms with van der Waals surface area (Å²) in [6.45, 7) is 7.63. The number of carbonyl (C=O) groups excluding carboxylic acids is 4. The number of ether oxygens (including phenoxy) is 2. The van der Waals surface area contributed by atoms with Crippen molar-refractivity contribution < 1.29 is 28.7 Å². The van der Waals surface area contributed by atoms with Gasteiger partial charge in [-0.15, -0.1) is 0 Å². The van der Waals surface area contributed by atoms with Gasteiger partial charge in [-0.1, -0.05) is 82.3 Å². The Balaban J connectivity index is 0.932. The van der Waals surface area contributed by atoms with Crippen LogP contribution in [0.3, 0.4) is 0 Å². The summed E-state index contributed by atoms with van der Waals surface area (Å²) in [7, 11) is 2.59. The molecular formula is C42H48N8O6. The number of H-pyrrole nitrogens is 2. The Bertz CT molecular complexity index is 2170. The molecule has 0 bridgehead atoms. The highest BCUT2D eigenvalue weighted by Gasteiger charge is 2.56. The van der Waals surface area contributed by atoms with Crippen LogP contribution >= 0.6 is 0 Å². The molecule has 0 spiro atoms. The monoisotopic (exact) mass is 760 g/mol. The number of allylic oxidation sites excluding steroid dienone is 2. The van der Waals surface area contributed by atoms with Gasteiger partial charge in [0.15, 0.2) is 0 Å². The third-order valence-electron chi connectivity index (χ3n) is 11.6. The van der Waals surface area contributed by atoms with Crippen molar-refractivity contribution in [3.8, 4) is 33.6 Å². The molecule has 1 saturated carbocycles. The van der Waals surface area contributed by atoms with Crippen LogP contribution in [0, 0.1) is 23.7 Å². The minimum atomic E-state index is -0.717. The molecule has 4 N–H and O–H groups in total. The van der Waals surface area contributed by atoms with E-state index >= 15 is 0 Å². The van der Waals surface area contributed by atoms with Gasteiger partial charge in [0.1, 0.15) is 23.7 Å². The largest absolute Gasteiger partial charge is 0.453 e. The summed E-state index contributed by atoms with van der Waals surface area (Å²) in [5.41, 5.74) is 6.77. The number of imidazole rings is 2. The summed E-state index contributed by atoms with van der Waals surface area (Å²) in [6, 6.07) is 14.9. The van der Waals surface area contributed by atoms with E-state index in [1.165, 1.54) is 14.2 Å². The minimum absolute atomic E-state index is 0.0987. The Morgan fingerprint density at radius 3 is 1.66 bits per heavy atom. The van der Waals surface area contributed by atoms with Crippen LogP contribution in [-0.2, 0) is 19.1 Å². The van der Waals surface area contributed by atoms with Gasteiger partial charge in [-0.25, -0.2) is 19.6 Å². The number of methoxy groups -OCH3 is 2. The summed E-state index contributed by atoms with van der Waals surface area (Å²) in [5.74, 6) is 1.65. The Kier molecular flexibility index (Phi) is 9.67. The lowest BCUT2D eigenvalue weighted by molar-refractivity contribution is -0.136. The van der Waals surface area contributed by atoms with Crippen molar-refractivity contribution >= 4 is 24.0 Å². The summed E-state index contributed by atoms with van der Waals surface area (Å²) >= 11 is 0. The van der Waals surface area contributed by atoms with Gasteiger partial charge in [0.25, 0.3) is 0 Å². The summed E-state index contributed by atoms with van der Waals surface area (Å²) in [5, 5.41) is 5.44. The molecule has 4 aromatic rings. The Labute approximate surface area is 325 Å². The van der Waals surface area contributed by atoms with Gasteiger partial charge in [0.2, 0.25) is 11.8 Å². The first-order valence-electron chi connectivity index (χ1n) is 19.3. The third-order valence-corrected chi connectivity index (χ3v) is 11.6. The fraction of sp³-hybridized carbons (Fsp3) is 0.429. The summed E-state index contributed by atoms with van der Waals surface area (Å²) < 4.78 is 9.57. The van der Waals surface area contributed by atoms with Crippen LogP contribution in [0.25, 0.3) is 33.6 Å². The van der Waals surface area contributed by atoms with Gasteiger partial charge >= 0.3 is 12.2 Å².